The number of nitrogens with zero attached hydrogens (tertiary/aromatic N) is 3. The summed E-state index contributed by atoms with van der Waals surface area (Å²) in [7, 11) is 1.95. The molecular weight excluding hydrogens is 340 g/mol. The quantitative estimate of drug-likeness (QED) is 0.763. The van der Waals surface area contributed by atoms with Crippen molar-refractivity contribution in [2.24, 2.45) is 7.05 Å². The van der Waals surface area contributed by atoms with Gasteiger partial charge < -0.3 is 19.2 Å². The molecule has 1 aliphatic rings. The Morgan fingerprint density at radius 3 is 2.88 bits per heavy atom. The molecular formula is C18H21ClN4O2. The van der Waals surface area contributed by atoms with Crippen molar-refractivity contribution in [2.45, 2.75) is 13.0 Å². The van der Waals surface area contributed by atoms with Gasteiger partial charge in [-0.05, 0) is 13.0 Å². The zero-order chi connectivity index (χ0) is 16.7. The lowest BCUT2D eigenvalue weighted by Crippen LogP contribution is -2.49. The highest BCUT2D eigenvalue weighted by atomic mass is 35.5. The van der Waals surface area contributed by atoms with Crippen molar-refractivity contribution in [1.82, 2.24) is 19.8 Å². The van der Waals surface area contributed by atoms with Crippen molar-refractivity contribution in [3.63, 3.8) is 0 Å². The zero-order valence-electron chi connectivity index (χ0n) is 14.2. The average molecular weight is 361 g/mol. The van der Waals surface area contributed by atoms with E-state index in [1.807, 2.05) is 53.9 Å². The number of piperazine rings is 1. The van der Waals surface area contributed by atoms with Gasteiger partial charge in [0.1, 0.15) is 17.4 Å². The standard InChI is InChI=1S/C18H20N4O2.ClH/c1-12-13-5-3-4-6-15(13)24-16(12)18(23)22-10-7-19-11-14(22)17-20-8-9-21(17)2;/h3-6,8-9,14,19H,7,10-11H2,1-2H3;1H. The number of aryl methyl sites for hydroxylation is 2. The van der Waals surface area contributed by atoms with E-state index in [0.717, 1.165) is 28.9 Å². The SMILES string of the molecule is Cc1c(C(=O)N2CCNCC2c2nccn2C)oc2ccccc12.Cl. The first-order valence-electron chi connectivity index (χ1n) is 8.14. The Labute approximate surface area is 152 Å². The molecule has 0 bridgehead atoms. The number of imidazole rings is 1. The van der Waals surface area contributed by atoms with Crippen LogP contribution in [-0.2, 0) is 7.05 Å². The van der Waals surface area contributed by atoms with Crippen molar-refractivity contribution >= 4 is 29.3 Å². The van der Waals surface area contributed by atoms with Crippen LogP contribution in [0.2, 0.25) is 0 Å². The fraction of sp³-hybridized carbons (Fsp3) is 0.333. The second kappa shape index (κ2) is 6.90. The molecule has 1 aromatic carbocycles. The van der Waals surface area contributed by atoms with Crippen LogP contribution in [0.5, 0.6) is 0 Å². The van der Waals surface area contributed by atoms with Crippen molar-refractivity contribution in [2.75, 3.05) is 19.6 Å². The number of aromatic nitrogens is 2. The van der Waals surface area contributed by atoms with E-state index in [4.69, 9.17) is 4.42 Å². The van der Waals surface area contributed by atoms with Gasteiger partial charge in [-0.15, -0.1) is 12.4 Å². The molecule has 1 aliphatic heterocycles. The second-order valence-electron chi connectivity index (χ2n) is 6.17. The first-order valence-corrected chi connectivity index (χ1v) is 8.14. The molecule has 3 aromatic rings. The van der Waals surface area contributed by atoms with Crippen LogP contribution in [0, 0.1) is 6.92 Å². The first-order chi connectivity index (χ1) is 11.7. The monoisotopic (exact) mass is 360 g/mol. The van der Waals surface area contributed by atoms with E-state index >= 15 is 0 Å². The Morgan fingerprint density at radius 2 is 2.16 bits per heavy atom. The molecule has 4 rings (SSSR count). The minimum absolute atomic E-state index is 0. The zero-order valence-corrected chi connectivity index (χ0v) is 15.0. The largest absolute Gasteiger partial charge is 0.451 e. The normalized spacial score (nSPS) is 17.5. The number of rotatable bonds is 2. The third-order valence-electron chi connectivity index (χ3n) is 4.70. The summed E-state index contributed by atoms with van der Waals surface area (Å²) in [5.41, 5.74) is 1.65. The van der Waals surface area contributed by atoms with Crippen molar-refractivity contribution in [1.29, 1.82) is 0 Å². The van der Waals surface area contributed by atoms with E-state index in [1.54, 1.807) is 6.20 Å². The van der Waals surface area contributed by atoms with Gasteiger partial charge in [-0.3, -0.25) is 4.79 Å². The van der Waals surface area contributed by atoms with Crippen LogP contribution in [0.15, 0.2) is 41.1 Å². The molecule has 6 nitrogen and oxygen atoms in total. The number of hydrogen-bond acceptors (Lipinski definition) is 4. The maximum atomic E-state index is 13.2. The predicted octanol–water partition coefficient (Wildman–Crippen LogP) is 2.68. The minimum atomic E-state index is -0.0983. The first kappa shape index (κ1) is 17.5. The van der Waals surface area contributed by atoms with E-state index < -0.39 is 0 Å². The maximum absolute atomic E-state index is 13.2. The Bertz CT molecular complexity index is 902. The number of benzene rings is 1. The summed E-state index contributed by atoms with van der Waals surface area (Å²) in [6, 6.07) is 7.66. The number of halogens is 1. The van der Waals surface area contributed by atoms with Crippen LogP contribution in [0.3, 0.4) is 0 Å². The molecule has 1 unspecified atom stereocenters. The molecule has 132 valence electrons. The number of furan rings is 1. The lowest BCUT2D eigenvalue weighted by Gasteiger charge is -2.35. The summed E-state index contributed by atoms with van der Waals surface area (Å²) in [6.07, 6.45) is 3.66. The molecule has 25 heavy (non-hydrogen) atoms. The van der Waals surface area contributed by atoms with Gasteiger partial charge in [0, 0.05) is 50.0 Å². The van der Waals surface area contributed by atoms with Crippen LogP contribution in [0.1, 0.15) is 28.0 Å². The summed E-state index contributed by atoms with van der Waals surface area (Å²) in [6.45, 7) is 4.03. The topological polar surface area (TPSA) is 63.3 Å². The summed E-state index contributed by atoms with van der Waals surface area (Å²) < 4.78 is 7.83. The van der Waals surface area contributed by atoms with Gasteiger partial charge in [-0.25, -0.2) is 4.98 Å². The number of carbonyl (C=O) groups excluding carboxylic acids is 1. The van der Waals surface area contributed by atoms with Crippen molar-refractivity contribution in [3.8, 4) is 0 Å². The highest BCUT2D eigenvalue weighted by Gasteiger charge is 2.33. The summed E-state index contributed by atoms with van der Waals surface area (Å²) in [5.74, 6) is 1.24. The Kier molecular flexibility index (Phi) is 4.83. The fourth-order valence-corrected chi connectivity index (χ4v) is 3.39. The van der Waals surface area contributed by atoms with Crippen LogP contribution < -0.4 is 5.32 Å². The van der Waals surface area contributed by atoms with E-state index in [1.165, 1.54) is 0 Å². The van der Waals surface area contributed by atoms with Gasteiger partial charge in [0.2, 0.25) is 0 Å². The minimum Gasteiger partial charge on any atom is -0.451 e. The highest BCUT2D eigenvalue weighted by Crippen LogP contribution is 2.29. The predicted molar refractivity (Wildman–Crippen MR) is 98.1 cm³/mol. The lowest BCUT2D eigenvalue weighted by molar-refractivity contribution is 0.0589. The summed E-state index contributed by atoms with van der Waals surface area (Å²) >= 11 is 0. The number of amides is 1. The Hall–Kier alpha value is -2.31. The maximum Gasteiger partial charge on any atom is 0.290 e. The van der Waals surface area contributed by atoms with Gasteiger partial charge in [-0.2, -0.15) is 0 Å². The smallest absolute Gasteiger partial charge is 0.290 e. The Morgan fingerprint density at radius 1 is 1.36 bits per heavy atom. The van der Waals surface area contributed by atoms with E-state index in [0.29, 0.717) is 18.8 Å². The molecule has 2 aromatic heterocycles. The fourth-order valence-electron chi connectivity index (χ4n) is 3.39. The molecule has 0 radical (unpaired) electrons. The number of carbonyl (C=O) groups is 1. The third kappa shape index (κ3) is 2.92. The van der Waals surface area contributed by atoms with Gasteiger partial charge in [0.25, 0.3) is 5.91 Å². The van der Waals surface area contributed by atoms with Crippen LogP contribution >= 0.6 is 12.4 Å². The van der Waals surface area contributed by atoms with E-state index in [2.05, 4.69) is 10.3 Å². The summed E-state index contributed by atoms with van der Waals surface area (Å²) in [5, 5.41) is 4.34. The Balaban J connectivity index is 0.00000182. The van der Waals surface area contributed by atoms with Crippen molar-refractivity contribution in [3.05, 3.63) is 53.8 Å². The molecule has 1 amide bonds. The van der Waals surface area contributed by atoms with Gasteiger partial charge in [0.15, 0.2) is 5.76 Å². The van der Waals surface area contributed by atoms with E-state index in [-0.39, 0.29) is 24.4 Å². The molecule has 3 heterocycles. The molecule has 7 heteroatoms. The molecule has 1 saturated heterocycles. The molecule has 1 fully saturated rings. The number of nitrogens with one attached hydrogen (secondary N) is 1. The van der Waals surface area contributed by atoms with Gasteiger partial charge in [-0.1, -0.05) is 18.2 Å². The molecule has 0 spiro atoms. The third-order valence-corrected chi connectivity index (χ3v) is 4.70. The lowest BCUT2D eigenvalue weighted by atomic mass is 10.1. The van der Waals surface area contributed by atoms with E-state index in [9.17, 15) is 4.79 Å². The molecule has 1 N–H and O–H groups in total. The van der Waals surface area contributed by atoms with Crippen LogP contribution in [0.4, 0.5) is 0 Å². The molecule has 0 saturated carbocycles. The van der Waals surface area contributed by atoms with Gasteiger partial charge >= 0.3 is 0 Å². The second-order valence-corrected chi connectivity index (χ2v) is 6.17. The van der Waals surface area contributed by atoms with Gasteiger partial charge in [0.05, 0.1) is 0 Å². The highest BCUT2D eigenvalue weighted by molar-refractivity contribution is 5.99. The summed E-state index contributed by atoms with van der Waals surface area (Å²) in [4.78, 5) is 19.5. The van der Waals surface area contributed by atoms with Crippen LogP contribution in [-0.4, -0.2) is 40.0 Å². The van der Waals surface area contributed by atoms with Crippen LogP contribution in [0.25, 0.3) is 11.0 Å². The average Bonchev–Trinajstić information content (AvgIpc) is 3.18. The van der Waals surface area contributed by atoms with Crippen molar-refractivity contribution < 1.29 is 9.21 Å². The number of hydrogen-bond donors (Lipinski definition) is 1. The number of fused-ring (bicyclic) bond motifs is 1. The molecule has 1 atom stereocenters. The molecule has 0 aliphatic carbocycles. The number of para-hydroxylation sites is 1.